The molecule has 0 aliphatic rings. The first kappa shape index (κ1) is 11.9. The summed E-state index contributed by atoms with van der Waals surface area (Å²) in [4.78, 5) is 1.80. The molecule has 0 aromatic heterocycles. The highest BCUT2D eigenvalue weighted by Crippen LogP contribution is 1.99. The van der Waals surface area contributed by atoms with Gasteiger partial charge in [0.05, 0.1) is 11.9 Å². The van der Waals surface area contributed by atoms with Gasteiger partial charge < -0.3 is 10.0 Å². The molecule has 0 aromatic carbocycles. The van der Waals surface area contributed by atoms with Crippen LogP contribution in [0.4, 0.5) is 0 Å². The number of likely N-dealkylation sites (N-methyl/N-ethyl adjacent to an activating group) is 1. The standard InChI is InChI=1S/C7H17NO3S/c1-7(12(3,10)11)6-8(2)4-5-9/h7,9H,4-6H2,1-3H3. The molecule has 0 bridgehead atoms. The lowest BCUT2D eigenvalue weighted by molar-refractivity contribution is 0.222. The van der Waals surface area contributed by atoms with Crippen LogP contribution in [0.15, 0.2) is 0 Å². The summed E-state index contributed by atoms with van der Waals surface area (Å²) < 4.78 is 22.0. The Morgan fingerprint density at radius 3 is 2.33 bits per heavy atom. The van der Waals surface area contributed by atoms with Gasteiger partial charge >= 0.3 is 0 Å². The van der Waals surface area contributed by atoms with Gasteiger partial charge in [0.25, 0.3) is 0 Å². The lowest BCUT2D eigenvalue weighted by atomic mass is 10.4. The van der Waals surface area contributed by atoms with Crippen molar-refractivity contribution < 1.29 is 13.5 Å². The van der Waals surface area contributed by atoms with Crippen LogP contribution < -0.4 is 0 Å². The average molecular weight is 195 g/mol. The Bertz CT molecular complexity index is 213. The van der Waals surface area contributed by atoms with Crippen LogP contribution in [-0.2, 0) is 9.84 Å². The number of hydrogen-bond acceptors (Lipinski definition) is 4. The molecule has 0 rings (SSSR count). The Morgan fingerprint density at radius 2 is 2.00 bits per heavy atom. The summed E-state index contributed by atoms with van der Waals surface area (Å²) in [7, 11) is -1.15. The molecule has 0 aliphatic heterocycles. The van der Waals surface area contributed by atoms with Crippen LogP contribution in [0.3, 0.4) is 0 Å². The lowest BCUT2D eigenvalue weighted by Gasteiger charge is -2.18. The SMILES string of the molecule is CC(CN(C)CCO)S(C)(=O)=O. The van der Waals surface area contributed by atoms with E-state index in [4.69, 9.17) is 5.11 Å². The van der Waals surface area contributed by atoms with Gasteiger partial charge in [-0.3, -0.25) is 0 Å². The van der Waals surface area contributed by atoms with E-state index in [-0.39, 0.29) is 11.9 Å². The molecule has 1 N–H and O–H groups in total. The van der Waals surface area contributed by atoms with E-state index < -0.39 is 9.84 Å². The van der Waals surface area contributed by atoms with Gasteiger partial charge in [0.15, 0.2) is 9.84 Å². The number of hydrogen-bond donors (Lipinski definition) is 1. The van der Waals surface area contributed by atoms with Crippen molar-refractivity contribution in [2.75, 3.05) is 33.0 Å². The number of aliphatic hydroxyl groups is 1. The van der Waals surface area contributed by atoms with Crippen LogP contribution in [0.5, 0.6) is 0 Å². The molecule has 0 aliphatic carbocycles. The van der Waals surface area contributed by atoms with Crippen LogP contribution in [0.2, 0.25) is 0 Å². The average Bonchev–Trinajstić information content (AvgIpc) is 1.85. The van der Waals surface area contributed by atoms with E-state index in [1.807, 2.05) is 0 Å². The number of aliphatic hydroxyl groups excluding tert-OH is 1. The minimum absolute atomic E-state index is 0.0625. The minimum atomic E-state index is -2.94. The molecule has 0 saturated carbocycles. The van der Waals surface area contributed by atoms with Crippen molar-refractivity contribution in [3.63, 3.8) is 0 Å². The maximum absolute atomic E-state index is 11.0. The summed E-state index contributed by atoms with van der Waals surface area (Å²) in [6.45, 7) is 2.72. The first-order valence-corrected chi connectivity index (χ1v) is 5.81. The monoisotopic (exact) mass is 195 g/mol. The molecule has 0 aromatic rings. The van der Waals surface area contributed by atoms with Crippen LogP contribution in [0, 0.1) is 0 Å². The highest BCUT2D eigenvalue weighted by molar-refractivity contribution is 7.91. The highest BCUT2D eigenvalue weighted by Gasteiger charge is 2.16. The normalized spacial score (nSPS) is 15.1. The summed E-state index contributed by atoms with van der Waals surface area (Å²) in [5.41, 5.74) is 0. The molecule has 1 unspecified atom stereocenters. The van der Waals surface area contributed by atoms with Gasteiger partial charge in [-0.1, -0.05) is 0 Å². The van der Waals surface area contributed by atoms with Crippen molar-refractivity contribution in [1.82, 2.24) is 4.90 Å². The summed E-state index contributed by atoms with van der Waals surface area (Å²) in [6, 6.07) is 0. The first-order valence-electron chi connectivity index (χ1n) is 3.86. The van der Waals surface area contributed by atoms with Crippen molar-refractivity contribution in [2.24, 2.45) is 0 Å². The molecular weight excluding hydrogens is 178 g/mol. The maximum Gasteiger partial charge on any atom is 0.151 e. The lowest BCUT2D eigenvalue weighted by Crippen LogP contribution is -2.33. The van der Waals surface area contributed by atoms with Crippen molar-refractivity contribution in [3.8, 4) is 0 Å². The smallest absolute Gasteiger partial charge is 0.151 e. The van der Waals surface area contributed by atoms with Crippen LogP contribution in [0.1, 0.15) is 6.92 Å². The predicted octanol–water partition coefficient (Wildman–Crippen LogP) is -0.656. The molecule has 4 nitrogen and oxygen atoms in total. The van der Waals surface area contributed by atoms with Crippen LogP contribution >= 0.6 is 0 Å². The van der Waals surface area contributed by atoms with Crippen molar-refractivity contribution in [1.29, 1.82) is 0 Å². The van der Waals surface area contributed by atoms with Gasteiger partial charge in [-0.05, 0) is 14.0 Å². The molecule has 12 heavy (non-hydrogen) atoms. The van der Waals surface area contributed by atoms with E-state index in [1.165, 1.54) is 6.26 Å². The zero-order valence-electron chi connectivity index (χ0n) is 7.82. The van der Waals surface area contributed by atoms with Crippen LogP contribution in [-0.4, -0.2) is 56.7 Å². The molecule has 74 valence electrons. The fourth-order valence-electron chi connectivity index (χ4n) is 0.836. The van der Waals surface area contributed by atoms with Gasteiger partial charge in [0.2, 0.25) is 0 Å². The molecule has 0 heterocycles. The topological polar surface area (TPSA) is 57.6 Å². The third-order valence-electron chi connectivity index (χ3n) is 1.78. The third-order valence-corrected chi connectivity index (χ3v) is 3.39. The molecule has 0 saturated heterocycles. The molecule has 0 fully saturated rings. The molecule has 5 heteroatoms. The Hall–Kier alpha value is -0.130. The molecule has 0 radical (unpaired) electrons. The molecular formula is C7H17NO3S. The van der Waals surface area contributed by atoms with E-state index in [0.717, 1.165) is 0 Å². The summed E-state index contributed by atoms with van der Waals surface area (Å²) in [5, 5.41) is 8.19. The van der Waals surface area contributed by atoms with Gasteiger partial charge in [-0.15, -0.1) is 0 Å². The van der Waals surface area contributed by atoms with Crippen LogP contribution in [0.25, 0.3) is 0 Å². The summed E-state index contributed by atoms with van der Waals surface area (Å²) in [6.07, 6.45) is 1.23. The van der Waals surface area contributed by atoms with Gasteiger partial charge in [0, 0.05) is 19.3 Å². The Kier molecular flexibility index (Phi) is 4.74. The Morgan fingerprint density at radius 1 is 1.50 bits per heavy atom. The number of sulfone groups is 1. The van der Waals surface area contributed by atoms with Gasteiger partial charge in [-0.2, -0.15) is 0 Å². The highest BCUT2D eigenvalue weighted by atomic mass is 32.2. The molecule has 0 spiro atoms. The second-order valence-electron chi connectivity index (χ2n) is 3.13. The summed E-state index contributed by atoms with van der Waals surface area (Å²) in [5.74, 6) is 0. The number of nitrogens with zero attached hydrogens (tertiary/aromatic N) is 1. The van der Waals surface area contributed by atoms with E-state index in [1.54, 1.807) is 18.9 Å². The van der Waals surface area contributed by atoms with E-state index in [9.17, 15) is 8.42 Å². The van der Waals surface area contributed by atoms with Crippen molar-refractivity contribution in [3.05, 3.63) is 0 Å². The quantitative estimate of drug-likeness (QED) is 0.633. The maximum atomic E-state index is 11.0. The van der Waals surface area contributed by atoms with E-state index in [2.05, 4.69) is 0 Å². The summed E-state index contributed by atoms with van der Waals surface area (Å²) >= 11 is 0. The van der Waals surface area contributed by atoms with Gasteiger partial charge in [-0.25, -0.2) is 8.42 Å². The second kappa shape index (κ2) is 4.79. The first-order chi connectivity index (χ1) is 5.38. The zero-order valence-corrected chi connectivity index (χ0v) is 8.63. The largest absolute Gasteiger partial charge is 0.395 e. The Labute approximate surface area is 74.1 Å². The van der Waals surface area contributed by atoms with E-state index in [0.29, 0.717) is 13.1 Å². The fourth-order valence-corrected chi connectivity index (χ4v) is 1.36. The Balaban J connectivity index is 3.93. The minimum Gasteiger partial charge on any atom is -0.395 e. The second-order valence-corrected chi connectivity index (χ2v) is 5.59. The molecule has 1 atom stereocenters. The van der Waals surface area contributed by atoms with Crippen molar-refractivity contribution >= 4 is 9.84 Å². The predicted molar refractivity (Wildman–Crippen MR) is 48.9 cm³/mol. The number of rotatable bonds is 5. The zero-order chi connectivity index (χ0) is 9.78. The van der Waals surface area contributed by atoms with E-state index >= 15 is 0 Å². The van der Waals surface area contributed by atoms with Crippen molar-refractivity contribution in [2.45, 2.75) is 12.2 Å². The molecule has 0 amide bonds. The fraction of sp³-hybridized carbons (Fsp3) is 1.00. The van der Waals surface area contributed by atoms with Gasteiger partial charge in [0.1, 0.15) is 0 Å². The third kappa shape index (κ3) is 4.69.